The van der Waals surface area contributed by atoms with Crippen LogP contribution in [0.1, 0.15) is 11.1 Å². The lowest BCUT2D eigenvalue weighted by Crippen LogP contribution is -2.11. The van der Waals surface area contributed by atoms with E-state index in [1.165, 1.54) is 48.7 Å². The van der Waals surface area contributed by atoms with Crippen LogP contribution in [0.25, 0.3) is 11.3 Å². The second-order valence-electron chi connectivity index (χ2n) is 5.72. The summed E-state index contributed by atoms with van der Waals surface area (Å²) in [6, 6.07) is 9.58. The van der Waals surface area contributed by atoms with Gasteiger partial charge in [0.1, 0.15) is 11.4 Å². The summed E-state index contributed by atoms with van der Waals surface area (Å²) < 4.78 is 53.0. The molecule has 0 radical (unpaired) electrons. The molecule has 6 nitrogen and oxygen atoms in total. The fourth-order valence-corrected chi connectivity index (χ4v) is 2.36. The Kier molecular flexibility index (Phi) is 5.12. The van der Waals surface area contributed by atoms with E-state index in [0.717, 1.165) is 0 Å². The van der Waals surface area contributed by atoms with Gasteiger partial charge in [-0.2, -0.15) is 18.3 Å². The first kappa shape index (κ1) is 19.1. The number of rotatable bonds is 4. The van der Waals surface area contributed by atoms with Gasteiger partial charge in [-0.25, -0.2) is 19.8 Å². The number of halogens is 4. The Balaban J connectivity index is 1.94. The summed E-state index contributed by atoms with van der Waals surface area (Å²) in [7, 11) is 0. The first-order valence-corrected chi connectivity index (χ1v) is 7.88. The molecule has 0 fully saturated rings. The van der Waals surface area contributed by atoms with Gasteiger partial charge in [0.15, 0.2) is 0 Å². The molecule has 1 aromatic heterocycles. The minimum Gasteiger partial charge on any atom is -0.399 e. The first-order valence-electron chi connectivity index (χ1n) is 7.88. The number of aromatic nitrogens is 2. The second kappa shape index (κ2) is 7.51. The summed E-state index contributed by atoms with van der Waals surface area (Å²) in [5.41, 5.74) is 13.4. The number of hydrazone groups is 1. The van der Waals surface area contributed by atoms with E-state index >= 15 is 0 Å². The molecule has 0 unspecified atom stereocenters. The number of nitrogens with one attached hydrogen (secondary N) is 1. The van der Waals surface area contributed by atoms with Gasteiger partial charge in [0.05, 0.1) is 11.9 Å². The van der Waals surface area contributed by atoms with Crippen molar-refractivity contribution in [2.24, 2.45) is 5.10 Å². The van der Waals surface area contributed by atoms with Crippen LogP contribution in [0.3, 0.4) is 0 Å². The molecule has 144 valence electrons. The fraction of sp³-hybridized carbons (Fsp3) is 0.0556. The molecule has 0 aliphatic rings. The van der Waals surface area contributed by atoms with E-state index in [0.29, 0.717) is 17.4 Å². The maximum absolute atomic E-state index is 13.4. The summed E-state index contributed by atoms with van der Waals surface area (Å²) in [6.07, 6.45) is -2.69. The molecule has 0 aliphatic heterocycles. The minimum atomic E-state index is -4.68. The lowest BCUT2D eigenvalue weighted by molar-refractivity contribution is -0.137. The van der Waals surface area contributed by atoms with Gasteiger partial charge < -0.3 is 11.5 Å². The number of nitrogen functional groups attached to an aromatic ring is 2. The zero-order valence-electron chi connectivity index (χ0n) is 14.2. The molecule has 0 saturated carbocycles. The van der Waals surface area contributed by atoms with Crippen molar-refractivity contribution in [1.82, 2.24) is 9.97 Å². The van der Waals surface area contributed by atoms with Gasteiger partial charge in [0.2, 0.25) is 5.95 Å². The highest BCUT2D eigenvalue weighted by Gasteiger charge is 2.36. The number of anilines is 3. The molecule has 1 heterocycles. The van der Waals surface area contributed by atoms with Crippen molar-refractivity contribution in [3.8, 4) is 11.3 Å². The summed E-state index contributed by atoms with van der Waals surface area (Å²) in [6.45, 7) is 0. The number of benzene rings is 2. The molecule has 5 N–H and O–H groups in total. The number of nitrogens with zero attached hydrogens (tertiary/aromatic N) is 3. The van der Waals surface area contributed by atoms with Gasteiger partial charge in [0.25, 0.3) is 0 Å². The maximum atomic E-state index is 13.4. The second-order valence-corrected chi connectivity index (χ2v) is 5.72. The zero-order chi connectivity index (χ0) is 20.3. The molecule has 10 heteroatoms. The summed E-state index contributed by atoms with van der Waals surface area (Å²) in [5.74, 6) is -0.570. The molecule has 0 saturated heterocycles. The molecule has 3 rings (SSSR count). The number of alkyl halides is 3. The molecule has 28 heavy (non-hydrogen) atoms. The Bertz CT molecular complexity index is 1020. The van der Waals surface area contributed by atoms with Gasteiger partial charge in [0, 0.05) is 23.1 Å². The summed E-state index contributed by atoms with van der Waals surface area (Å²) in [4.78, 5) is 7.55. The van der Waals surface area contributed by atoms with Crippen LogP contribution in [0.15, 0.2) is 53.8 Å². The lowest BCUT2D eigenvalue weighted by Gasteiger charge is -2.14. The average Bonchev–Trinajstić information content (AvgIpc) is 2.62. The van der Waals surface area contributed by atoms with Crippen LogP contribution in [0.4, 0.5) is 34.9 Å². The Hall–Kier alpha value is -3.69. The highest BCUT2D eigenvalue weighted by Crippen LogP contribution is 2.38. The molecule has 0 bridgehead atoms. The van der Waals surface area contributed by atoms with E-state index in [4.69, 9.17) is 11.5 Å². The van der Waals surface area contributed by atoms with Crippen molar-refractivity contribution in [2.75, 3.05) is 16.9 Å². The van der Waals surface area contributed by atoms with E-state index in [-0.39, 0.29) is 17.2 Å². The third-order valence-electron chi connectivity index (χ3n) is 3.67. The minimum absolute atomic E-state index is 0.0463. The maximum Gasteiger partial charge on any atom is 0.419 e. The Labute approximate surface area is 156 Å². The molecular formula is C18H14F4N6. The SMILES string of the molecule is Nc1ccc(-c2nc(NN=Cc3ccc(F)cc3)ncc2C(F)(F)F)c(N)c1. The summed E-state index contributed by atoms with van der Waals surface area (Å²) in [5, 5.41) is 3.85. The molecule has 0 atom stereocenters. The van der Waals surface area contributed by atoms with Crippen LogP contribution in [0.5, 0.6) is 0 Å². The Morgan fingerprint density at radius 1 is 1.04 bits per heavy atom. The van der Waals surface area contributed by atoms with Crippen molar-refractivity contribution in [1.29, 1.82) is 0 Å². The smallest absolute Gasteiger partial charge is 0.399 e. The Morgan fingerprint density at radius 3 is 2.39 bits per heavy atom. The van der Waals surface area contributed by atoms with Crippen molar-refractivity contribution in [3.05, 3.63) is 65.6 Å². The molecule has 3 aromatic rings. The molecule has 0 spiro atoms. The van der Waals surface area contributed by atoms with Crippen LogP contribution in [-0.2, 0) is 6.18 Å². The van der Waals surface area contributed by atoms with Crippen molar-refractivity contribution in [3.63, 3.8) is 0 Å². The average molecular weight is 390 g/mol. The largest absolute Gasteiger partial charge is 0.419 e. The number of nitrogens with two attached hydrogens (primary N) is 2. The zero-order valence-corrected chi connectivity index (χ0v) is 14.2. The predicted octanol–water partition coefficient (Wildman–Crippen LogP) is 3.91. The monoisotopic (exact) mass is 390 g/mol. The topological polar surface area (TPSA) is 102 Å². The summed E-state index contributed by atoms with van der Waals surface area (Å²) >= 11 is 0. The van der Waals surface area contributed by atoms with Gasteiger partial charge in [-0.1, -0.05) is 12.1 Å². The fourth-order valence-electron chi connectivity index (χ4n) is 2.36. The quantitative estimate of drug-likeness (QED) is 0.271. The van der Waals surface area contributed by atoms with Crippen LogP contribution < -0.4 is 16.9 Å². The van der Waals surface area contributed by atoms with Crippen LogP contribution in [0, 0.1) is 5.82 Å². The van der Waals surface area contributed by atoms with Gasteiger partial charge in [-0.3, -0.25) is 0 Å². The molecular weight excluding hydrogens is 376 g/mol. The predicted molar refractivity (Wildman–Crippen MR) is 98.9 cm³/mol. The Morgan fingerprint density at radius 2 is 1.75 bits per heavy atom. The van der Waals surface area contributed by atoms with Crippen molar-refractivity contribution < 1.29 is 17.6 Å². The van der Waals surface area contributed by atoms with E-state index in [9.17, 15) is 17.6 Å². The van der Waals surface area contributed by atoms with Crippen LogP contribution >= 0.6 is 0 Å². The highest BCUT2D eigenvalue weighted by molar-refractivity contribution is 5.80. The molecule has 0 amide bonds. The van der Waals surface area contributed by atoms with E-state index in [1.54, 1.807) is 0 Å². The lowest BCUT2D eigenvalue weighted by atomic mass is 10.0. The van der Waals surface area contributed by atoms with E-state index in [2.05, 4.69) is 20.5 Å². The first-order chi connectivity index (χ1) is 13.2. The van der Waals surface area contributed by atoms with E-state index in [1.807, 2.05) is 0 Å². The van der Waals surface area contributed by atoms with Gasteiger partial charge in [-0.15, -0.1) is 0 Å². The third kappa shape index (κ3) is 4.34. The van der Waals surface area contributed by atoms with Gasteiger partial charge >= 0.3 is 6.18 Å². The molecule has 2 aromatic carbocycles. The highest BCUT2D eigenvalue weighted by atomic mass is 19.4. The van der Waals surface area contributed by atoms with Gasteiger partial charge in [-0.05, 0) is 35.9 Å². The van der Waals surface area contributed by atoms with Crippen molar-refractivity contribution in [2.45, 2.75) is 6.18 Å². The number of hydrogen-bond acceptors (Lipinski definition) is 6. The normalized spacial score (nSPS) is 11.7. The standard InChI is InChI=1S/C18H14F4N6/c19-11-3-1-10(2-4-11)8-26-28-17-25-9-14(18(20,21)22)16(27-17)13-6-5-12(23)7-15(13)24/h1-9H,23-24H2,(H,25,27,28). The molecule has 0 aliphatic carbocycles. The third-order valence-corrected chi connectivity index (χ3v) is 3.67. The van der Waals surface area contributed by atoms with Crippen LogP contribution in [-0.4, -0.2) is 16.2 Å². The van der Waals surface area contributed by atoms with Crippen molar-refractivity contribution >= 4 is 23.5 Å². The van der Waals surface area contributed by atoms with Crippen LogP contribution in [0.2, 0.25) is 0 Å². The number of hydrogen-bond donors (Lipinski definition) is 3. The van der Waals surface area contributed by atoms with E-state index < -0.39 is 23.3 Å².